The molecule has 0 unspecified atom stereocenters. The number of nitrogens with two attached hydrogens (primary N) is 1. The molecule has 1 aromatic rings. The molecule has 3 N–H and O–H groups in total. The lowest BCUT2D eigenvalue weighted by Crippen LogP contribution is -2.22. The molecule has 0 bridgehead atoms. The van der Waals surface area contributed by atoms with Crippen LogP contribution >= 0.6 is 0 Å². The van der Waals surface area contributed by atoms with Crippen LogP contribution in [0.1, 0.15) is 18.4 Å². The van der Waals surface area contributed by atoms with Gasteiger partial charge in [-0.2, -0.15) is 0 Å². The Morgan fingerprint density at radius 2 is 2.17 bits per heavy atom. The summed E-state index contributed by atoms with van der Waals surface area (Å²) >= 11 is 0. The van der Waals surface area contributed by atoms with Gasteiger partial charge in [-0.1, -0.05) is 0 Å². The second-order valence-electron chi connectivity index (χ2n) is 4.42. The van der Waals surface area contributed by atoms with Crippen LogP contribution in [0.2, 0.25) is 0 Å². The Labute approximate surface area is 105 Å². The third kappa shape index (κ3) is 3.20. The molecule has 1 saturated heterocycles. The summed E-state index contributed by atoms with van der Waals surface area (Å²) in [6.45, 7) is 2.07. The molecular formula is C13H17FN2O2. The van der Waals surface area contributed by atoms with Crippen molar-refractivity contribution >= 4 is 5.84 Å². The molecule has 0 aliphatic carbocycles. The first-order valence-electron chi connectivity index (χ1n) is 6.01. The van der Waals surface area contributed by atoms with Crippen molar-refractivity contribution in [2.24, 2.45) is 11.7 Å². The number of hydrogen-bond donors (Lipinski definition) is 2. The zero-order valence-corrected chi connectivity index (χ0v) is 10.1. The number of benzene rings is 1. The Hall–Kier alpha value is -1.62. The molecule has 1 aromatic carbocycles. The third-order valence-electron chi connectivity index (χ3n) is 3.05. The minimum absolute atomic E-state index is 0.184. The van der Waals surface area contributed by atoms with Crippen LogP contribution in [-0.2, 0) is 4.74 Å². The van der Waals surface area contributed by atoms with E-state index in [-0.39, 0.29) is 5.84 Å². The smallest absolute Gasteiger partial charge is 0.130 e. The summed E-state index contributed by atoms with van der Waals surface area (Å²) in [5.41, 5.74) is 5.72. The van der Waals surface area contributed by atoms with Gasteiger partial charge in [-0.25, -0.2) is 4.39 Å². The molecule has 1 aliphatic heterocycles. The lowest BCUT2D eigenvalue weighted by atomic mass is 10.0. The van der Waals surface area contributed by atoms with Crippen LogP contribution in [0.25, 0.3) is 0 Å². The van der Waals surface area contributed by atoms with Gasteiger partial charge in [0.15, 0.2) is 0 Å². The van der Waals surface area contributed by atoms with Crippen LogP contribution in [0, 0.1) is 17.1 Å². The lowest BCUT2D eigenvalue weighted by Gasteiger charge is -2.22. The molecule has 0 spiro atoms. The summed E-state index contributed by atoms with van der Waals surface area (Å²) in [4.78, 5) is 0. The summed E-state index contributed by atoms with van der Waals surface area (Å²) in [7, 11) is 0. The van der Waals surface area contributed by atoms with Gasteiger partial charge in [0.25, 0.3) is 0 Å². The minimum Gasteiger partial charge on any atom is -0.493 e. The maximum Gasteiger partial charge on any atom is 0.130 e. The van der Waals surface area contributed by atoms with E-state index in [0.29, 0.717) is 23.8 Å². The van der Waals surface area contributed by atoms with E-state index in [1.54, 1.807) is 0 Å². The van der Waals surface area contributed by atoms with Gasteiger partial charge in [-0.05, 0) is 37.0 Å². The average Bonchev–Trinajstić information content (AvgIpc) is 2.38. The molecule has 2 rings (SSSR count). The van der Waals surface area contributed by atoms with Crippen molar-refractivity contribution in [2.45, 2.75) is 12.8 Å². The second kappa shape index (κ2) is 5.82. The molecule has 0 saturated carbocycles. The monoisotopic (exact) mass is 252 g/mol. The van der Waals surface area contributed by atoms with Crippen LogP contribution in [-0.4, -0.2) is 25.7 Å². The molecule has 1 heterocycles. The van der Waals surface area contributed by atoms with Crippen molar-refractivity contribution in [3.05, 3.63) is 29.6 Å². The number of nitrogens with one attached hydrogen (secondary N) is 1. The van der Waals surface area contributed by atoms with Crippen molar-refractivity contribution in [1.82, 2.24) is 0 Å². The molecule has 98 valence electrons. The summed E-state index contributed by atoms with van der Waals surface area (Å²) < 4.78 is 24.0. The first kappa shape index (κ1) is 12.8. The largest absolute Gasteiger partial charge is 0.493 e. The van der Waals surface area contributed by atoms with Gasteiger partial charge >= 0.3 is 0 Å². The van der Waals surface area contributed by atoms with Gasteiger partial charge in [0, 0.05) is 13.2 Å². The van der Waals surface area contributed by atoms with Gasteiger partial charge in [-0.15, -0.1) is 0 Å². The van der Waals surface area contributed by atoms with Crippen LogP contribution in [0.3, 0.4) is 0 Å². The molecule has 18 heavy (non-hydrogen) atoms. The fourth-order valence-electron chi connectivity index (χ4n) is 1.96. The molecule has 5 heteroatoms. The number of nitrogen functional groups attached to an aromatic ring is 1. The Bertz CT molecular complexity index is 431. The molecule has 1 fully saturated rings. The molecule has 0 amide bonds. The van der Waals surface area contributed by atoms with Crippen molar-refractivity contribution in [1.29, 1.82) is 5.41 Å². The van der Waals surface area contributed by atoms with E-state index < -0.39 is 5.82 Å². The van der Waals surface area contributed by atoms with Crippen molar-refractivity contribution in [3.8, 4) is 5.75 Å². The van der Waals surface area contributed by atoms with E-state index in [0.717, 1.165) is 26.1 Å². The van der Waals surface area contributed by atoms with Gasteiger partial charge in [0.05, 0.1) is 12.2 Å². The van der Waals surface area contributed by atoms with Crippen molar-refractivity contribution < 1.29 is 13.9 Å². The predicted octanol–water partition coefficient (Wildman–Crippen LogP) is 1.92. The van der Waals surface area contributed by atoms with Gasteiger partial charge in [0.2, 0.25) is 0 Å². The molecule has 1 aliphatic rings. The van der Waals surface area contributed by atoms with Gasteiger partial charge in [-0.3, -0.25) is 5.41 Å². The SMILES string of the molecule is N=C(N)c1cc(F)ccc1OCC1CCOCC1. The summed E-state index contributed by atoms with van der Waals surface area (Å²) in [5.74, 6) is 0.314. The highest BCUT2D eigenvalue weighted by molar-refractivity contribution is 5.97. The van der Waals surface area contributed by atoms with Crippen LogP contribution < -0.4 is 10.5 Å². The summed E-state index contributed by atoms with van der Waals surface area (Å²) in [6, 6.07) is 4.05. The van der Waals surface area contributed by atoms with E-state index in [1.165, 1.54) is 18.2 Å². The molecule has 0 aromatic heterocycles. The summed E-state index contributed by atoms with van der Waals surface area (Å²) in [6.07, 6.45) is 1.94. The Morgan fingerprint density at radius 3 is 2.83 bits per heavy atom. The topological polar surface area (TPSA) is 68.3 Å². The molecule has 0 radical (unpaired) electrons. The van der Waals surface area contributed by atoms with E-state index in [2.05, 4.69) is 0 Å². The van der Waals surface area contributed by atoms with Gasteiger partial charge in [0.1, 0.15) is 17.4 Å². The quantitative estimate of drug-likeness (QED) is 0.635. The summed E-state index contributed by atoms with van der Waals surface area (Å²) in [5, 5.41) is 7.41. The van der Waals surface area contributed by atoms with Crippen LogP contribution in [0.5, 0.6) is 5.75 Å². The molecule has 0 atom stereocenters. The fourth-order valence-corrected chi connectivity index (χ4v) is 1.96. The highest BCUT2D eigenvalue weighted by atomic mass is 19.1. The maximum atomic E-state index is 13.1. The Kier molecular flexibility index (Phi) is 4.15. The number of hydrogen-bond acceptors (Lipinski definition) is 3. The van der Waals surface area contributed by atoms with Crippen LogP contribution in [0.15, 0.2) is 18.2 Å². The minimum atomic E-state index is -0.418. The number of ether oxygens (including phenoxy) is 2. The zero-order valence-electron chi connectivity index (χ0n) is 10.1. The number of amidine groups is 1. The third-order valence-corrected chi connectivity index (χ3v) is 3.05. The van der Waals surface area contributed by atoms with E-state index in [4.69, 9.17) is 20.6 Å². The zero-order chi connectivity index (χ0) is 13.0. The van der Waals surface area contributed by atoms with Crippen molar-refractivity contribution in [3.63, 3.8) is 0 Å². The highest BCUT2D eigenvalue weighted by Gasteiger charge is 2.16. The van der Waals surface area contributed by atoms with Gasteiger partial charge < -0.3 is 15.2 Å². The van der Waals surface area contributed by atoms with E-state index in [1.807, 2.05) is 0 Å². The van der Waals surface area contributed by atoms with E-state index >= 15 is 0 Å². The standard InChI is InChI=1S/C13H17FN2O2/c14-10-1-2-12(11(7-10)13(15)16)18-8-9-3-5-17-6-4-9/h1-2,7,9H,3-6,8H2,(H3,15,16). The predicted molar refractivity (Wildman–Crippen MR) is 66.5 cm³/mol. The first-order chi connectivity index (χ1) is 8.66. The number of rotatable bonds is 4. The molecule has 4 nitrogen and oxygen atoms in total. The Balaban J connectivity index is 2.01. The molecular weight excluding hydrogens is 235 g/mol. The highest BCUT2D eigenvalue weighted by Crippen LogP contribution is 2.22. The first-order valence-corrected chi connectivity index (χ1v) is 6.01. The fraction of sp³-hybridized carbons (Fsp3) is 0.462. The number of halogens is 1. The van der Waals surface area contributed by atoms with E-state index in [9.17, 15) is 4.39 Å². The maximum absolute atomic E-state index is 13.1. The second-order valence-corrected chi connectivity index (χ2v) is 4.42. The Morgan fingerprint density at radius 1 is 1.44 bits per heavy atom. The lowest BCUT2D eigenvalue weighted by molar-refractivity contribution is 0.0497. The van der Waals surface area contributed by atoms with Crippen molar-refractivity contribution in [2.75, 3.05) is 19.8 Å². The average molecular weight is 252 g/mol. The van der Waals surface area contributed by atoms with Crippen LogP contribution in [0.4, 0.5) is 4.39 Å². The normalized spacial score (nSPS) is 16.5.